The lowest BCUT2D eigenvalue weighted by Crippen LogP contribution is -2.37. The molecule has 2 unspecified atom stereocenters. The number of nitrogens with zero attached hydrogens (tertiary/aromatic N) is 4. The van der Waals surface area contributed by atoms with E-state index in [-0.39, 0.29) is 30.2 Å². The van der Waals surface area contributed by atoms with Crippen molar-refractivity contribution in [2.45, 2.75) is 39.2 Å². The van der Waals surface area contributed by atoms with Crippen molar-refractivity contribution >= 4 is 17.5 Å². The molecule has 0 radical (unpaired) electrons. The van der Waals surface area contributed by atoms with Crippen LogP contribution in [-0.2, 0) is 9.59 Å². The molecule has 2 amide bonds. The molecule has 0 saturated carbocycles. The molecule has 0 N–H and O–H groups in total. The molecule has 7 heteroatoms. The number of hydrogen-bond donors (Lipinski definition) is 0. The fourth-order valence-electron chi connectivity index (χ4n) is 4.64. The minimum absolute atomic E-state index is 0.00855. The first kappa shape index (κ1) is 20.4. The molecule has 2 aliphatic heterocycles. The Balaban J connectivity index is 1.32. The van der Waals surface area contributed by atoms with Crippen LogP contribution in [0.2, 0.25) is 0 Å². The van der Waals surface area contributed by atoms with Crippen LogP contribution in [0.4, 0.5) is 5.69 Å². The molecule has 2 aliphatic rings. The Morgan fingerprint density at radius 2 is 1.91 bits per heavy atom. The summed E-state index contributed by atoms with van der Waals surface area (Å²) in [7, 11) is 0. The smallest absolute Gasteiger partial charge is 0.249 e. The fourth-order valence-corrected chi connectivity index (χ4v) is 4.64. The maximum Gasteiger partial charge on any atom is 0.249 e. The van der Waals surface area contributed by atoms with E-state index in [9.17, 15) is 9.59 Å². The molecule has 2 aromatic carbocycles. The van der Waals surface area contributed by atoms with Crippen LogP contribution in [0.5, 0.6) is 0 Å². The van der Waals surface area contributed by atoms with Crippen LogP contribution in [0, 0.1) is 19.8 Å². The number of anilines is 1. The molecule has 7 nitrogen and oxygen atoms in total. The first-order chi connectivity index (χ1) is 15.5. The van der Waals surface area contributed by atoms with E-state index in [1.54, 1.807) is 4.90 Å². The number of carbonyl (C=O) groups is 2. The van der Waals surface area contributed by atoms with Crippen molar-refractivity contribution in [1.82, 2.24) is 15.0 Å². The highest BCUT2D eigenvalue weighted by molar-refractivity contribution is 6.00. The Labute approximate surface area is 187 Å². The van der Waals surface area contributed by atoms with Crippen LogP contribution in [0.3, 0.4) is 0 Å². The first-order valence-electron chi connectivity index (χ1n) is 11.1. The van der Waals surface area contributed by atoms with Gasteiger partial charge in [0.05, 0.1) is 5.92 Å². The molecule has 1 aromatic heterocycles. The summed E-state index contributed by atoms with van der Waals surface area (Å²) in [4.78, 5) is 34.2. The largest absolute Gasteiger partial charge is 0.337 e. The molecule has 0 spiro atoms. The molecular formula is C25H26N4O3. The number of carbonyl (C=O) groups excluding carboxylic acids is 2. The van der Waals surface area contributed by atoms with E-state index in [4.69, 9.17) is 4.52 Å². The van der Waals surface area contributed by atoms with E-state index < -0.39 is 0 Å². The van der Waals surface area contributed by atoms with Gasteiger partial charge in [0.2, 0.25) is 23.5 Å². The first-order valence-corrected chi connectivity index (χ1v) is 11.1. The Morgan fingerprint density at radius 3 is 2.69 bits per heavy atom. The van der Waals surface area contributed by atoms with Gasteiger partial charge in [-0.2, -0.15) is 4.98 Å². The van der Waals surface area contributed by atoms with Crippen molar-refractivity contribution in [3.63, 3.8) is 0 Å². The van der Waals surface area contributed by atoms with Crippen molar-refractivity contribution in [1.29, 1.82) is 0 Å². The van der Waals surface area contributed by atoms with Gasteiger partial charge in [-0.05, 0) is 44.9 Å². The van der Waals surface area contributed by atoms with Crippen molar-refractivity contribution in [2.24, 2.45) is 5.92 Å². The van der Waals surface area contributed by atoms with E-state index in [0.717, 1.165) is 35.2 Å². The number of amides is 2. The summed E-state index contributed by atoms with van der Waals surface area (Å²) < 4.78 is 5.58. The highest BCUT2D eigenvalue weighted by Gasteiger charge is 2.42. The second-order valence-electron chi connectivity index (χ2n) is 8.76. The molecule has 32 heavy (non-hydrogen) atoms. The highest BCUT2D eigenvalue weighted by atomic mass is 16.5. The monoisotopic (exact) mass is 430 g/mol. The zero-order valence-corrected chi connectivity index (χ0v) is 18.3. The summed E-state index contributed by atoms with van der Waals surface area (Å²) in [5.41, 5.74) is 3.99. The van der Waals surface area contributed by atoms with Crippen molar-refractivity contribution < 1.29 is 14.1 Å². The van der Waals surface area contributed by atoms with Gasteiger partial charge in [-0.15, -0.1) is 0 Å². The SMILES string of the molecule is Cc1ccc(N2CC(C(=O)N3CCCC3c3nc(-c4cccc(C)c4)no3)CC2=O)cc1. The van der Waals surface area contributed by atoms with Crippen LogP contribution < -0.4 is 4.90 Å². The van der Waals surface area contributed by atoms with E-state index in [0.29, 0.717) is 24.8 Å². The summed E-state index contributed by atoms with van der Waals surface area (Å²) in [5, 5.41) is 4.15. The molecule has 3 aromatic rings. The quantitative estimate of drug-likeness (QED) is 0.623. The van der Waals surface area contributed by atoms with Crippen molar-refractivity contribution in [3.05, 3.63) is 65.5 Å². The van der Waals surface area contributed by atoms with Crippen LogP contribution in [0.1, 0.15) is 42.3 Å². The highest BCUT2D eigenvalue weighted by Crippen LogP contribution is 2.35. The number of hydrogen-bond acceptors (Lipinski definition) is 5. The number of benzene rings is 2. The van der Waals surface area contributed by atoms with Gasteiger partial charge < -0.3 is 14.3 Å². The van der Waals surface area contributed by atoms with Crippen LogP contribution in [0.15, 0.2) is 53.1 Å². The summed E-state index contributed by atoms with van der Waals surface area (Å²) >= 11 is 0. The summed E-state index contributed by atoms with van der Waals surface area (Å²) in [5.74, 6) is 0.619. The van der Waals surface area contributed by atoms with Crippen molar-refractivity contribution in [2.75, 3.05) is 18.0 Å². The predicted molar refractivity (Wildman–Crippen MR) is 120 cm³/mol. The minimum Gasteiger partial charge on any atom is -0.337 e. The Bertz CT molecular complexity index is 1150. The topological polar surface area (TPSA) is 79.5 Å². The van der Waals surface area contributed by atoms with Crippen LogP contribution >= 0.6 is 0 Å². The van der Waals surface area contributed by atoms with E-state index >= 15 is 0 Å². The molecule has 3 heterocycles. The summed E-state index contributed by atoms with van der Waals surface area (Å²) in [6.45, 7) is 5.07. The average Bonchev–Trinajstić information content (AvgIpc) is 3.53. The lowest BCUT2D eigenvalue weighted by atomic mass is 10.1. The zero-order valence-electron chi connectivity index (χ0n) is 18.3. The molecule has 2 fully saturated rings. The number of aryl methyl sites for hydroxylation is 2. The van der Waals surface area contributed by atoms with Gasteiger partial charge in [0.1, 0.15) is 6.04 Å². The minimum atomic E-state index is -0.358. The Morgan fingerprint density at radius 1 is 1.09 bits per heavy atom. The number of aromatic nitrogens is 2. The number of likely N-dealkylation sites (tertiary alicyclic amines) is 1. The molecule has 5 rings (SSSR count). The van der Waals surface area contributed by atoms with Gasteiger partial charge in [-0.3, -0.25) is 9.59 Å². The summed E-state index contributed by atoms with van der Waals surface area (Å²) in [6, 6.07) is 15.5. The second-order valence-corrected chi connectivity index (χ2v) is 8.76. The third-order valence-corrected chi connectivity index (χ3v) is 6.36. The van der Waals surface area contributed by atoms with Crippen molar-refractivity contribution in [3.8, 4) is 11.4 Å². The maximum absolute atomic E-state index is 13.4. The Kier molecular flexibility index (Phi) is 5.25. The molecule has 2 atom stereocenters. The number of rotatable bonds is 4. The Hall–Kier alpha value is -3.48. The lowest BCUT2D eigenvalue weighted by molar-refractivity contribution is -0.137. The summed E-state index contributed by atoms with van der Waals surface area (Å²) in [6.07, 6.45) is 1.89. The standard InChI is InChI=1S/C25H26N4O3/c1-16-8-10-20(11-9-16)29-15-19(14-22(29)30)25(31)28-12-4-7-21(28)24-26-23(27-32-24)18-6-3-5-17(2)13-18/h3,5-6,8-11,13,19,21H,4,7,12,14-15H2,1-2H3. The molecule has 2 saturated heterocycles. The third kappa shape index (κ3) is 3.79. The van der Waals surface area contributed by atoms with E-state index in [1.807, 2.05) is 67.3 Å². The maximum atomic E-state index is 13.4. The molecular weight excluding hydrogens is 404 g/mol. The normalized spacial score (nSPS) is 20.9. The predicted octanol–water partition coefficient (Wildman–Crippen LogP) is 4.07. The van der Waals surface area contributed by atoms with Gasteiger partial charge in [0.25, 0.3) is 0 Å². The molecule has 164 valence electrons. The van der Waals surface area contributed by atoms with Crippen LogP contribution in [-0.4, -0.2) is 39.9 Å². The lowest BCUT2D eigenvalue weighted by Gasteiger charge is -2.25. The molecule has 0 aliphatic carbocycles. The van der Waals surface area contributed by atoms with Gasteiger partial charge >= 0.3 is 0 Å². The van der Waals surface area contributed by atoms with Gasteiger partial charge in [0, 0.05) is 30.8 Å². The van der Waals surface area contributed by atoms with E-state index in [1.165, 1.54) is 0 Å². The molecule has 0 bridgehead atoms. The second kappa shape index (κ2) is 8.22. The van der Waals surface area contributed by atoms with Crippen LogP contribution in [0.25, 0.3) is 11.4 Å². The fraction of sp³-hybridized carbons (Fsp3) is 0.360. The zero-order chi connectivity index (χ0) is 22.2. The van der Waals surface area contributed by atoms with Gasteiger partial charge in [0.15, 0.2) is 0 Å². The average molecular weight is 431 g/mol. The van der Waals surface area contributed by atoms with E-state index in [2.05, 4.69) is 10.1 Å². The third-order valence-electron chi connectivity index (χ3n) is 6.36. The van der Waals surface area contributed by atoms with Gasteiger partial charge in [-0.25, -0.2) is 0 Å². The van der Waals surface area contributed by atoms with Gasteiger partial charge in [-0.1, -0.05) is 46.6 Å².